The molecule has 3 aromatic rings. The standard InChI is InChI=1S/C26H20F4/c1-2-16-6-10-22(23(27)12-16)21-9-8-19-11-17(5-7-20(19)15-21)3-4-18-13-24(28)26(30)25(29)14-18/h5-7,10-14,21H,2,8-9,15H2,1H3. The molecule has 1 atom stereocenters. The average molecular weight is 408 g/mol. The molecule has 1 aliphatic carbocycles. The zero-order valence-corrected chi connectivity index (χ0v) is 16.5. The number of rotatable bonds is 2. The first-order chi connectivity index (χ1) is 14.4. The maximum Gasteiger partial charge on any atom is 0.194 e. The van der Waals surface area contributed by atoms with Crippen LogP contribution in [-0.4, -0.2) is 0 Å². The van der Waals surface area contributed by atoms with E-state index in [1.165, 1.54) is 0 Å². The van der Waals surface area contributed by atoms with Gasteiger partial charge in [-0.1, -0.05) is 37.0 Å². The van der Waals surface area contributed by atoms with Crippen LogP contribution in [0.1, 0.15) is 52.6 Å². The highest BCUT2D eigenvalue weighted by Crippen LogP contribution is 2.34. The highest BCUT2D eigenvalue weighted by Gasteiger charge is 2.22. The molecule has 0 radical (unpaired) electrons. The van der Waals surface area contributed by atoms with Crippen LogP contribution in [-0.2, 0) is 19.3 Å². The summed E-state index contributed by atoms with van der Waals surface area (Å²) in [4.78, 5) is 0. The zero-order chi connectivity index (χ0) is 21.3. The van der Waals surface area contributed by atoms with E-state index < -0.39 is 17.5 Å². The van der Waals surface area contributed by atoms with Crippen LogP contribution in [0.25, 0.3) is 0 Å². The second kappa shape index (κ2) is 8.36. The summed E-state index contributed by atoms with van der Waals surface area (Å²) in [6, 6.07) is 13.1. The Kier molecular flexibility index (Phi) is 5.63. The molecule has 0 N–H and O–H groups in total. The molecular weight excluding hydrogens is 388 g/mol. The normalized spacial score (nSPS) is 15.3. The molecule has 152 valence electrons. The lowest BCUT2D eigenvalue weighted by Crippen LogP contribution is -2.14. The van der Waals surface area contributed by atoms with Gasteiger partial charge in [0.05, 0.1) is 0 Å². The summed E-state index contributed by atoms with van der Waals surface area (Å²) in [5.41, 5.74) is 4.87. The molecule has 0 bridgehead atoms. The highest BCUT2D eigenvalue weighted by molar-refractivity contribution is 5.47. The molecular formula is C26H20F4. The lowest BCUT2D eigenvalue weighted by Gasteiger charge is -2.25. The van der Waals surface area contributed by atoms with E-state index in [0.29, 0.717) is 0 Å². The molecule has 30 heavy (non-hydrogen) atoms. The third kappa shape index (κ3) is 4.11. The third-order valence-corrected chi connectivity index (χ3v) is 5.68. The van der Waals surface area contributed by atoms with Crippen molar-refractivity contribution in [3.8, 4) is 11.8 Å². The van der Waals surface area contributed by atoms with Crippen molar-refractivity contribution in [1.82, 2.24) is 0 Å². The molecule has 0 saturated heterocycles. The topological polar surface area (TPSA) is 0 Å². The summed E-state index contributed by atoms with van der Waals surface area (Å²) >= 11 is 0. The second-order valence-corrected chi connectivity index (χ2v) is 7.64. The largest absolute Gasteiger partial charge is 0.207 e. The van der Waals surface area contributed by atoms with E-state index in [-0.39, 0.29) is 17.3 Å². The third-order valence-electron chi connectivity index (χ3n) is 5.68. The summed E-state index contributed by atoms with van der Waals surface area (Å²) in [6.07, 6.45) is 3.23. The van der Waals surface area contributed by atoms with Crippen molar-refractivity contribution in [1.29, 1.82) is 0 Å². The second-order valence-electron chi connectivity index (χ2n) is 7.64. The van der Waals surface area contributed by atoms with E-state index in [9.17, 15) is 17.6 Å². The van der Waals surface area contributed by atoms with Gasteiger partial charge in [-0.3, -0.25) is 0 Å². The van der Waals surface area contributed by atoms with E-state index >= 15 is 0 Å². The van der Waals surface area contributed by atoms with Crippen molar-refractivity contribution in [3.05, 3.63) is 105 Å². The van der Waals surface area contributed by atoms with Gasteiger partial charge in [-0.2, -0.15) is 0 Å². The van der Waals surface area contributed by atoms with Crippen molar-refractivity contribution in [2.75, 3.05) is 0 Å². The molecule has 4 heteroatoms. The molecule has 0 saturated carbocycles. The molecule has 0 aromatic heterocycles. The minimum Gasteiger partial charge on any atom is -0.207 e. The predicted molar refractivity (Wildman–Crippen MR) is 109 cm³/mol. The summed E-state index contributed by atoms with van der Waals surface area (Å²) in [5.74, 6) is 1.57. The van der Waals surface area contributed by atoms with Gasteiger partial charge in [-0.05, 0) is 84.2 Å². The lowest BCUT2D eigenvalue weighted by atomic mass is 9.79. The van der Waals surface area contributed by atoms with Gasteiger partial charge in [0.15, 0.2) is 17.5 Å². The number of halogens is 4. The first-order valence-electron chi connectivity index (χ1n) is 10.0. The van der Waals surface area contributed by atoms with Crippen molar-refractivity contribution in [2.24, 2.45) is 0 Å². The Morgan fingerprint density at radius 3 is 2.23 bits per heavy atom. The van der Waals surface area contributed by atoms with Crippen LogP contribution in [0, 0.1) is 35.1 Å². The van der Waals surface area contributed by atoms with Gasteiger partial charge in [-0.25, -0.2) is 17.6 Å². The molecule has 1 aliphatic rings. The average Bonchev–Trinajstić information content (AvgIpc) is 2.75. The molecule has 1 unspecified atom stereocenters. The van der Waals surface area contributed by atoms with Crippen LogP contribution in [0.4, 0.5) is 17.6 Å². The molecule has 0 aliphatic heterocycles. The van der Waals surface area contributed by atoms with E-state index in [2.05, 4.69) is 11.8 Å². The van der Waals surface area contributed by atoms with Gasteiger partial charge in [0.1, 0.15) is 5.82 Å². The van der Waals surface area contributed by atoms with Crippen LogP contribution in [0.3, 0.4) is 0 Å². The van der Waals surface area contributed by atoms with E-state index in [0.717, 1.165) is 65.6 Å². The van der Waals surface area contributed by atoms with Crippen molar-refractivity contribution < 1.29 is 17.6 Å². The van der Waals surface area contributed by atoms with E-state index in [1.54, 1.807) is 6.07 Å². The van der Waals surface area contributed by atoms with Crippen LogP contribution >= 0.6 is 0 Å². The van der Waals surface area contributed by atoms with Crippen LogP contribution in [0.5, 0.6) is 0 Å². The van der Waals surface area contributed by atoms with E-state index in [1.807, 2.05) is 37.3 Å². The lowest BCUT2D eigenvalue weighted by molar-refractivity contribution is 0.446. The molecule has 0 amide bonds. The fourth-order valence-corrected chi connectivity index (χ4v) is 3.99. The monoisotopic (exact) mass is 408 g/mol. The molecule has 0 nitrogen and oxygen atoms in total. The number of fused-ring (bicyclic) bond motifs is 1. The van der Waals surface area contributed by atoms with Gasteiger partial charge in [0.2, 0.25) is 0 Å². The Morgan fingerprint density at radius 1 is 0.800 bits per heavy atom. The molecule has 0 spiro atoms. The number of aryl methyl sites for hydroxylation is 2. The summed E-state index contributed by atoms with van der Waals surface area (Å²) in [5, 5.41) is 0. The molecule has 3 aromatic carbocycles. The van der Waals surface area contributed by atoms with Gasteiger partial charge >= 0.3 is 0 Å². The zero-order valence-electron chi connectivity index (χ0n) is 16.5. The molecule has 4 rings (SSSR count). The number of hydrogen-bond acceptors (Lipinski definition) is 0. The smallest absolute Gasteiger partial charge is 0.194 e. The first-order valence-corrected chi connectivity index (χ1v) is 10.0. The van der Waals surface area contributed by atoms with Gasteiger partial charge in [-0.15, -0.1) is 0 Å². The van der Waals surface area contributed by atoms with Gasteiger partial charge < -0.3 is 0 Å². The number of benzene rings is 3. The fourth-order valence-electron chi connectivity index (χ4n) is 3.99. The molecule has 0 heterocycles. The highest BCUT2D eigenvalue weighted by atomic mass is 19.2. The Labute approximate surface area is 173 Å². The Morgan fingerprint density at radius 2 is 1.53 bits per heavy atom. The van der Waals surface area contributed by atoms with Crippen LogP contribution in [0.2, 0.25) is 0 Å². The Hall–Kier alpha value is -3.06. The minimum absolute atomic E-state index is 0.0789. The van der Waals surface area contributed by atoms with Crippen molar-refractivity contribution >= 4 is 0 Å². The number of hydrogen-bond donors (Lipinski definition) is 0. The maximum absolute atomic E-state index is 14.5. The SMILES string of the molecule is CCc1ccc(C2CCc3cc(C#Cc4cc(F)c(F)c(F)c4)ccc3C2)c(F)c1. The quantitative estimate of drug-likeness (QED) is 0.259. The van der Waals surface area contributed by atoms with Gasteiger partial charge in [0, 0.05) is 11.1 Å². The maximum atomic E-state index is 14.5. The predicted octanol–water partition coefficient (Wildman–Crippen LogP) is 6.48. The van der Waals surface area contributed by atoms with E-state index in [4.69, 9.17) is 0 Å². The van der Waals surface area contributed by atoms with Crippen molar-refractivity contribution in [2.45, 2.75) is 38.5 Å². The van der Waals surface area contributed by atoms with Crippen molar-refractivity contribution in [3.63, 3.8) is 0 Å². The summed E-state index contributed by atoms with van der Waals surface area (Å²) in [7, 11) is 0. The fraction of sp³-hybridized carbons (Fsp3) is 0.231. The molecule has 0 fully saturated rings. The van der Waals surface area contributed by atoms with Gasteiger partial charge in [0.25, 0.3) is 0 Å². The van der Waals surface area contributed by atoms with Crippen LogP contribution in [0.15, 0.2) is 48.5 Å². The van der Waals surface area contributed by atoms with Crippen LogP contribution < -0.4 is 0 Å². The minimum atomic E-state index is -1.50. The Bertz CT molecular complexity index is 1140. The summed E-state index contributed by atoms with van der Waals surface area (Å²) in [6.45, 7) is 2.01. The first kappa shape index (κ1) is 20.2. The summed E-state index contributed by atoms with van der Waals surface area (Å²) < 4.78 is 54.2. The Balaban J connectivity index is 1.54.